The van der Waals surface area contributed by atoms with Crippen molar-refractivity contribution >= 4 is 34.8 Å². The Labute approximate surface area is 117 Å². The molecule has 5 heteroatoms. The van der Waals surface area contributed by atoms with Crippen molar-refractivity contribution in [2.45, 2.75) is 19.3 Å². The molecule has 2 unspecified atom stereocenters. The number of hydrogen-bond donors (Lipinski definition) is 2. The molecule has 0 saturated heterocycles. The number of amides is 1. The van der Waals surface area contributed by atoms with E-state index in [2.05, 4.69) is 5.32 Å². The Balaban J connectivity index is 2.07. The van der Waals surface area contributed by atoms with Gasteiger partial charge in [0.15, 0.2) is 0 Å². The van der Waals surface area contributed by atoms with E-state index in [1.807, 2.05) is 0 Å². The van der Waals surface area contributed by atoms with Crippen LogP contribution in [-0.2, 0) is 4.79 Å². The Bertz CT molecular complexity index is 451. The first-order valence-electron chi connectivity index (χ1n) is 6.08. The Morgan fingerprint density at radius 2 is 2.17 bits per heavy atom. The fourth-order valence-electron chi connectivity index (χ4n) is 2.48. The van der Waals surface area contributed by atoms with Gasteiger partial charge in [-0.2, -0.15) is 0 Å². The first-order valence-corrected chi connectivity index (χ1v) is 6.83. The highest BCUT2D eigenvalue weighted by Crippen LogP contribution is 2.33. The summed E-state index contributed by atoms with van der Waals surface area (Å²) in [4.78, 5) is 12.2. The fraction of sp³-hybridized carbons (Fsp3) is 0.462. The number of benzene rings is 1. The van der Waals surface area contributed by atoms with Gasteiger partial charge in [0.05, 0.1) is 10.7 Å². The molecule has 0 aromatic heterocycles. The van der Waals surface area contributed by atoms with Crippen LogP contribution in [0.25, 0.3) is 0 Å². The SMILES string of the molecule is NCC1CCCC1C(=O)Nc1ccc(Cl)cc1Cl. The Morgan fingerprint density at radius 1 is 1.39 bits per heavy atom. The van der Waals surface area contributed by atoms with Gasteiger partial charge in [-0.15, -0.1) is 0 Å². The normalized spacial score (nSPS) is 23.1. The van der Waals surface area contributed by atoms with Gasteiger partial charge in [-0.05, 0) is 43.5 Å². The van der Waals surface area contributed by atoms with Crippen molar-refractivity contribution in [3.8, 4) is 0 Å². The van der Waals surface area contributed by atoms with Gasteiger partial charge in [-0.25, -0.2) is 0 Å². The lowest BCUT2D eigenvalue weighted by Gasteiger charge is -2.17. The maximum atomic E-state index is 12.2. The maximum absolute atomic E-state index is 12.2. The second-order valence-corrected chi connectivity index (χ2v) is 5.49. The minimum atomic E-state index is 0.00162. The molecule has 2 rings (SSSR count). The molecule has 1 amide bonds. The third kappa shape index (κ3) is 2.97. The quantitative estimate of drug-likeness (QED) is 0.896. The largest absolute Gasteiger partial charge is 0.330 e. The summed E-state index contributed by atoms with van der Waals surface area (Å²) in [6, 6.07) is 5.04. The Morgan fingerprint density at radius 3 is 2.83 bits per heavy atom. The minimum absolute atomic E-state index is 0.00162. The summed E-state index contributed by atoms with van der Waals surface area (Å²) in [5.41, 5.74) is 6.29. The topological polar surface area (TPSA) is 55.1 Å². The first kappa shape index (κ1) is 13.7. The van der Waals surface area contributed by atoms with E-state index >= 15 is 0 Å². The van der Waals surface area contributed by atoms with E-state index in [4.69, 9.17) is 28.9 Å². The van der Waals surface area contributed by atoms with E-state index < -0.39 is 0 Å². The first-order chi connectivity index (χ1) is 8.61. The molecule has 0 aliphatic heterocycles. The van der Waals surface area contributed by atoms with Crippen molar-refractivity contribution in [1.29, 1.82) is 0 Å². The standard InChI is InChI=1S/C13H16Cl2N2O/c14-9-4-5-12(11(15)6-9)17-13(18)10-3-1-2-8(10)7-16/h4-6,8,10H,1-3,7,16H2,(H,17,18). The lowest BCUT2D eigenvalue weighted by Crippen LogP contribution is -2.29. The van der Waals surface area contributed by atoms with Crippen molar-refractivity contribution in [3.05, 3.63) is 28.2 Å². The van der Waals surface area contributed by atoms with Crippen LogP contribution in [0.15, 0.2) is 18.2 Å². The molecule has 3 nitrogen and oxygen atoms in total. The van der Waals surface area contributed by atoms with E-state index in [9.17, 15) is 4.79 Å². The number of rotatable bonds is 3. The highest BCUT2D eigenvalue weighted by molar-refractivity contribution is 6.36. The van der Waals surface area contributed by atoms with E-state index in [-0.39, 0.29) is 17.7 Å². The second kappa shape index (κ2) is 5.91. The fourth-order valence-corrected chi connectivity index (χ4v) is 2.94. The van der Waals surface area contributed by atoms with Crippen molar-refractivity contribution in [2.24, 2.45) is 17.6 Å². The maximum Gasteiger partial charge on any atom is 0.227 e. The predicted molar refractivity (Wildman–Crippen MR) is 75.0 cm³/mol. The summed E-state index contributed by atoms with van der Waals surface area (Å²) < 4.78 is 0. The third-order valence-corrected chi connectivity index (χ3v) is 4.04. The zero-order valence-corrected chi connectivity index (χ0v) is 11.5. The molecular formula is C13H16Cl2N2O. The molecule has 1 saturated carbocycles. The second-order valence-electron chi connectivity index (χ2n) is 4.65. The van der Waals surface area contributed by atoms with Gasteiger partial charge in [-0.1, -0.05) is 29.6 Å². The molecule has 1 aromatic carbocycles. The van der Waals surface area contributed by atoms with Gasteiger partial charge in [0.25, 0.3) is 0 Å². The lowest BCUT2D eigenvalue weighted by molar-refractivity contribution is -0.120. The molecule has 98 valence electrons. The Hall–Kier alpha value is -0.770. The molecular weight excluding hydrogens is 271 g/mol. The smallest absolute Gasteiger partial charge is 0.227 e. The Kier molecular flexibility index (Phi) is 4.49. The molecule has 0 radical (unpaired) electrons. The summed E-state index contributed by atoms with van der Waals surface area (Å²) in [5.74, 6) is 0.296. The van der Waals surface area contributed by atoms with Crippen LogP contribution in [0, 0.1) is 11.8 Å². The molecule has 0 heterocycles. The highest BCUT2D eigenvalue weighted by Gasteiger charge is 2.32. The molecule has 1 aromatic rings. The van der Waals surface area contributed by atoms with E-state index in [1.54, 1.807) is 18.2 Å². The molecule has 18 heavy (non-hydrogen) atoms. The monoisotopic (exact) mass is 286 g/mol. The van der Waals surface area contributed by atoms with Crippen molar-refractivity contribution in [2.75, 3.05) is 11.9 Å². The molecule has 1 aliphatic rings. The molecule has 1 fully saturated rings. The van der Waals surface area contributed by atoms with Crippen molar-refractivity contribution in [1.82, 2.24) is 0 Å². The van der Waals surface area contributed by atoms with E-state index in [0.29, 0.717) is 22.3 Å². The van der Waals surface area contributed by atoms with Crippen molar-refractivity contribution in [3.63, 3.8) is 0 Å². The zero-order chi connectivity index (χ0) is 13.1. The highest BCUT2D eigenvalue weighted by atomic mass is 35.5. The van der Waals surface area contributed by atoms with Crippen LogP contribution in [0.2, 0.25) is 10.0 Å². The van der Waals surface area contributed by atoms with Crippen LogP contribution in [0.4, 0.5) is 5.69 Å². The van der Waals surface area contributed by atoms with Gasteiger partial charge >= 0.3 is 0 Å². The van der Waals surface area contributed by atoms with Crippen LogP contribution in [-0.4, -0.2) is 12.5 Å². The number of anilines is 1. The summed E-state index contributed by atoms with van der Waals surface area (Å²) in [5, 5.41) is 3.87. The minimum Gasteiger partial charge on any atom is -0.330 e. The summed E-state index contributed by atoms with van der Waals surface area (Å²) in [7, 11) is 0. The summed E-state index contributed by atoms with van der Waals surface area (Å²) in [6.07, 6.45) is 3.00. The van der Waals surface area contributed by atoms with Gasteiger partial charge in [0.1, 0.15) is 0 Å². The molecule has 3 N–H and O–H groups in total. The molecule has 2 atom stereocenters. The van der Waals surface area contributed by atoms with Gasteiger partial charge in [-0.3, -0.25) is 4.79 Å². The average molecular weight is 287 g/mol. The van der Waals surface area contributed by atoms with Gasteiger partial charge in [0, 0.05) is 10.9 Å². The number of nitrogens with one attached hydrogen (secondary N) is 1. The number of nitrogens with two attached hydrogens (primary N) is 1. The van der Waals surface area contributed by atoms with Crippen LogP contribution >= 0.6 is 23.2 Å². The van der Waals surface area contributed by atoms with Gasteiger partial charge in [0.2, 0.25) is 5.91 Å². The predicted octanol–water partition coefficient (Wildman–Crippen LogP) is 3.31. The number of hydrogen-bond acceptors (Lipinski definition) is 2. The van der Waals surface area contributed by atoms with E-state index in [1.165, 1.54) is 0 Å². The molecule has 1 aliphatic carbocycles. The third-order valence-electron chi connectivity index (χ3n) is 3.49. The zero-order valence-electron chi connectivity index (χ0n) is 9.96. The van der Waals surface area contributed by atoms with Crippen LogP contribution in [0.3, 0.4) is 0 Å². The van der Waals surface area contributed by atoms with E-state index in [0.717, 1.165) is 19.3 Å². The molecule has 0 bridgehead atoms. The average Bonchev–Trinajstić information content (AvgIpc) is 2.81. The lowest BCUT2D eigenvalue weighted by atomic mass is 9.95. The molecule has 0 spiro atoms. The number of carbonyl (C=O) groups is 1. The summed E-state index contributed by atoms with van der Waals surface area (Å²) in [6.45, 7) is 0.562. The van der Waals surface area contributed by atoms with Crippen LogP contribution < -0.4 is 11.1 Å². The van der Waals surface area contributed by atoms with Crippen molar-refractivity contribution < 1.29 is 4.79 Å². The van der Waals surface area contributed by atoms with Crippen LogP contribution in [0.5, 0.6) is 0 Å². The number of halogens is 2. The van der Waals surface area contributed by atoms with Crippen LogP contribution in [0.1, 0.15) is 19.3 Å². The van der Waals surface area contributed by atoms with Gasteiger partial charge < -0.3 is 11.1 Å². The number of carbonyl (C=O) groups excluding carboxylic acids is 1. The summed E-state index contributed by atoms with van der Waals surface area (Å²) >= 11 is 11.8.